The minimum Gasteiger partial charge on any atom is -0.487 e. The molecule has 2 N–H and O–H groups in total. The SMILES string of the molecule is CCC1(CC)C[C@H](NC(=O)c2ccc(Cl)c(S(=O)(=O)Nc3ccccc3)c2)c2ccccc2O1. The largest absolute Gasteiger partial charge is 0.487 e. The van der Waals surface area contributed by atoms with Crippen LogP contribution in [0.5, 0.6) is 5.75 Å². The number of rotatable bonds is 7. The molecule has 0 aromatic heterocycles. The molecule has 0 bridgehead atoms. The van der Waals surface area contributed by atoms with Gasteiger partial charge < -0.3 is 10.1 Å². The van der Waals surface area contributed by atoms with E-state index in [2.05, 4.69) is 23.9 Å². The summed E-state index contributed by atoms with van der Waals surface area (Å²) in [6.45, 7) is 4.15. The molecular weight excluding hydrogens is 472 g/mol. The van der Waals surface area contributed by atoms with Gasteiger partial charge in [-0.05, 0) is 49.2 Å². The highest BCUT2D eigenvalue weighted by molar-refractivity contribution is 7.92. The van der Waals surface area contributed by atoms with Crippen molar-refractivity contribution in [3.63, 3.8) is 0 Å². The zero-order valence-corrected chi connectivity index (χ0v) is 20.6. The number of nitrogens with one attached hydrogen (secondary N) is 2. The van der Waals surface area contributed by atoms with Crippen LogP contribution in [-0.2, 0) is 10.0 Å². The van der Waals surface area contributed by atoms with Gasteiger partial charge in [0.05, 0.1) is 11.1 Å². The van der Waals surface area contributed by atoms with E-state index in [1.54, 1.807) is 30.3 Å². The normalized spacial score (nSPS) is 16.7. The lowest BCUT2D eigenvalue weighted by molar-refractivity contribution is 0.0227. The van der Waals surface area contributed by atoms with Crippen molar-refractivity contribution in [1.82, 2.24) is 5.32 Å². The first-order valence-corrected chi connectivity index (χ1v) is 13.1. The van der Waals surface area contributed by atoms with E-state index in [1.807, 2.05) is 24.3 Å². The number of benzene rings is 3. The predicted octanol–water partition coefficient (Wildman–Crippen LogP) is 5.95. The Morgan fingerprint density at radius 1 is 1.03 bits per heavy atom. The number of anilines is 1. The maximum atomic E-state index is 13.2. The highest BCUT2D eigenvalue weighted by Gasteiger charge is 2.39. The van der Waals surface area contributed by atoms with E-state index < -0.39 is 10.0 Å². The number of hydrogen-bond donors (Lipinski definition) is 2. The van der Waals surface area contributed by atoms with E-state index in [9.17, 15) is 13.2 Å². The van der Waals surface area contributed by atoms with Crippen molar-refractivity contribution in [2.45, 2.75) is 49.6 Å². The molecule has 4 rings (SSSR count). The van der Waals surface area contributed by atoms with E-state index >= 15 is 0 Å². The summed E-state index contributed by atoms with van der Waals surface area (Å²) in [4.78, 5) is 13.1. The van der Waals surface area contributed by atoms with Gasteiger partial charge in [0.1, 0.15) is 16.2 Å². The average Bonchev–Trinajstić information content (AvgIpc) is 2.84. The van der Waals surface area contributed by atoms with E-state index in [1.165, 1.54) is 18.2 Å². The number of carbonyl (C=O) groups excluding carboxylic acids is 1. The molecule has 0 saturated heterocycles. The molecule has 6 nitrogen and oxygen atoms in total. The van der Waals surface area contributed by atoms with Gasteiger partial charge in [0.15, 0.2) is 0 Å². The molecule has 1 heterocycles. The van der Waals surface area contributed by atoms with Crippen LogP contribution in [0, 0.1) is 0 Å². The molecule has 0 saturated carbocycles. The first kappa shape index (κ1) is 24.1. The van der Waals surface area contributed by atoms with Gasteiger partial charge in [0, 0.05) is 23.2 Å². The summed E-state index contributed by atoms with van der Waals surface area (Å²) >= 11 is 6.22. The van der Waals surface area contributed by atoms with Crippen LogP contribution >= 0.6 is 11.6 Å². The lowest BCUT2D eigenvalue weighted by atomic mass is 9.83. The van der Waals surface area contributed by atoms with Crippen LogP contribution in [0.15, 0.2) is 77.7 Å². The van der Waals surface area contributed by atoms with Crippen LogP contribution in [0.1, 0.15) is 55.1 Å². The molecule has 0 spiro atoms. The zero-order chi connectivity index (χ0) is 24.3. The lowest BCUT2D eigenvalue weighted by Crippen LogP contribution is -2.44. The summed E-state index contributed by atoms with van der Waals surface area (Å²) in [5.74, 6) is 0.379. The molecule has 1 aliphatic heterocycles. The number of carbonyl (C=O) groups is 1. The zero-order valence-electron chi connectivity index (χ0n) is 19.0. The van der Waals surface area contributed by atoms with Crippen LogP contribution in [0.4, 0.5) is 5.69 Å². The number of para-hydroxylation sites is 2. The Labute approximate surface area is 205 Å². The molecule has 34 heavy (non-hydrogen) atoms. The van der Waals surface area contributed by atoms with Crippen molar-refractivity contribution in [1.29, 1.82) is 0 Å². The van der Waals surface area contributed by atoms with Gasteiger partial charge in [0.2, 0.25) is 0 Å². The highest BCUT2D eigenvalue weighted by atomic mass is 35.5. The van der Waals surface area contributed by atoms with E-state index in [0.717, 1.165) is 24.2 Å². The van der Waals surface area contributed by atoms with Gasteiger partial charge in [-0.1, -0.05) is 61.8 Å². The summed E-state index contributed by atoms with van der Waals surface area (Å²) in [5.41, 5.74) is 1.14. The standard InChI is InChI=1S/C26H27ClN2O4S/c1-3-26(4-2)17-22(20-12-8-9-13-23(20)33-26)28-25(30)18-14-15-21(27)24(16-18)34(31,32)29-19-10-6-5-7-11-19/h5-16,22,29H,3-4,17H2,1-2H3,(H,28,30)/t22-/m0/s1. The third kappa shape index (κ3) is 4.91. The first-order valence-electron chi connectivity index (χ1n) is 11.2. The number of hydrogen-bond acceptors (Lipinski definition) is 4. The number of amides is 1. The Morgan fingerprint density at radius 3 is 2.41 bits per heavy atom. The average molecular weight is 499 g/mol. The van der Waals surface area contributed by atoms with Gasteiger partial charge in [-0.3, -0.25) is 9.52 Å². The minimum absolute atomic E-state index is 0.0346. The summed E-state index contributed by atoms with van der Waals surface area (Å²) in [6.07, 6.45) is 2.23. The molecule has 178 valence electrons. The first-order chi connectivity index (χ1) is 16.3. The number of ether oxygens (including phenoxy) is 1. The molecule has 0 fully saturated rings. The maximum absolute atomic E-state index is 13.2. The minimum atomic E-state index is -3.99. The summed E-state index contributed by atoms with van der Waals surface area (Å²) < 4.78 is 34.8. The third-order valence-electron chi connectivity index (χ3n) is 6.30. The number of sulfonamides is 1. The Balaban J connectivity index is 1.62. The van der Waals surface area contributed by atoms with Crippen LogP contribution in [0.25, 0.3) is 0 Å². The molecule has 0 radical (unpaired) electrons. The van der Waals surface area contributed by atoms with Crippen molar-refractivity contribution in [2.24, 2.45) is 0 Å². The van der Waals surface area contributed by atoms with Crippen molar-refractivity contribution in [3.05, 3.63) is 88.9 Å². The fraction of sp³-hybridized carbons (Fsp3) is 0.269. The van der Waals surface area contributed by atoms with E-state index in [-0.39, 0.29) is 33.0 Å². The van der Waals surface area contributed by atoms with E-state index in [0.29, 0.717) is 12.1 Å². The molecule has 3 aromatic rings. The van der Waals surface area contributed by atoms with Gasteiger partial charge in [0.25, 0.3) is 15.9 Å². The van der Waals surface area contributed by atoms with Crippen molar-refractivity contribution in [2.75, 3.05) is 4.72 Å². The van der Waals surface area contributed by atoms with Crippen molar-refractivity contribution in [3.8, 4) is 5.75 Å². The molecule has 1 atom stereocenters. The smallest absolute Gasteiger partial charge is 0.263 e. The number of fused-ring (bicyclic) bond motifs is 1. The molecule has 8 heteroatoms. The molecule has 1 aliphatic rings. The topological polar surface area (TPSA) is 84.5 Å². The molecule has 0 aliphatic carbocycles. The second-order valence-electron chi connectivity index (χ2n) is 8.38. The molecule has 3 aromatic carbocycles. The quantitative estimate of drug-likeness (QED) is 0.421. The van der Waals surface area contributed by atoms with Gasteiger partial charge in [-0.25, -0.2) is 8.42 Å². The Kier molecular flexibility index (Phi) is 6.86. The molecular formula is C26H27ClN2O4S. The molecule has 0 unspecified atom stereocenters. The third-order valence-corrected chi connectivity index (χ3v) is 8.16. The van der Waals surface area contributed by atoms with Crippen LogP contribution < -0.4 is 14.8 Å². The van der Waals surface area contributed by atoms with Crippen LogP contribution in [0.2, 0.25) is 5.02 Å². The second kappa shape index (κ2) is 9.68. The van der Waals surface area contributed by atoms with Gasteiger partial charge in [-0.15, -0.1) is 0 Å². The fourth-order valence-corrected chi connectivity index (χ4v) is 5.82. The summed E-state index contributed by atoms with van der Waals surface area (Å²) in [7, 11) is -3.99. The summed E-state index contributed by atoms with van der Waals surface area (Å²) in [5, 5.41) is 3.12. The second-order valence-corrected chi connectivity index (χ2v) is 10.4. The Morgan fingerprint density at radius 2 is 1.71 bits per heavy atom. The van der Waals surface area contributed by atoms with Crippen LogP contribution in [0.3, 0.4) is 0 Å². The van der Waals surface area contributed by atoms with Crippen molar-refractivity contribution >= 4 is 33.2 Å². The Bertz CT molecular complexity index is 1290. The van der Waals surface area contributed by atoms with E-state index in [4.69, 9.17) is 16.3 Å². The summed E-state index contributed by atoms with van der Waals surface area (Å²) in [6, 6.07) is 20.2. The monoisotopic (exact) mass is 498 g/mol. The molecule has 1 amide bonds. The van der Waals surface area contributed by atoms with Crippen LogP contribution in [-0.4, -0.2) is 19.9 Å². The van der Waals surface area contributed by atoms with Gasteiger partial charge in [-0.2, -0.15) is 0 Å². The number of halogens is 1. The Hall–Kier alpha value is -3.03. The predicted molar refractivity (Wildman–Crippen MR) is 134 cm³/mol. The maximum Gasteiger partial charge on any atom is 0.263 e. The van der Waals surface area contributed by atoms with Gasteiger partial charge >= 0.3 is 0 Å². The van der Waals surface area contributed by atoms with Crippen molar-refractivity contribution < 1.29 is 17.9 Å². The fourth-order valence-electron chi connectivity index (χ4n) is 4.24. The lowest BCUT2D eigenvalue weighted by Gasteiger charge is -2.41. The highest BCUT2D eigenvalue weighted by Crippen LogP contribution is 2.42.